The summed E-state index contributed by atoms with van der Waals surface area (Å²) in [5, 5.41) is 5.82. The Morgan fingerprint density at radius 3 is 2.45 bits per heavy atom. The Hall–Kier alpha value is -3.33. The Balaban J connectivity index is 1.70. The van der Waals surface area contributed by atoms with Gasteiger partial charge >= 0.3 is 18.0 Å². The van der Waals surface area contributed by atoms with Gasteiger partial charge in [-0.1, -0.05) is 24.3 Å². The Morgan fingerprint density at radius 1 is 1.06 bits per heavy atom. The summed E-state index contributed by atoms with van der Waals surface area (Å²) in [6.07, 6.45) is -2.56. The van der Waals surface area contributed by atoms with Crippen LogP contribution < -0.4 is 10.6 Å². The highest BCUT2D eigenvalue weighted by Crippen LogP contribution is 2.31. The average Bonchev–Trinajstić information content (AvgIpc) is 3.04. The molecule has 164 valence electrons. The van der Waals surface area contributed by atoms with E-state index in [1.165, 1.54) is 12.1 Å². The van der Waals surface area contributed by atoms with Crippen LogP contribution >= 0.6 is 0 Å². The molecule has 2 aromatic carbocycles. The van der Waals surface area contributed by atoms with Gasteiger partial charge < -0.3 is 20.1 Å². The van der Waals surface area contributed by atoms with Gasteiger partial charge in [-0.25, -0.2) is 0 Å². The van der Waals surface area contributed by atoms with Crippen molar-refractivity contribution in [3.63, 3.8) is 0 Å². The third-order valence-corrected chi connectivity index (χ3v) is 5.02. The molecule has 0 aliphatic rings. The summed E-state index contributed by atoms with van der Waals surface area (Å²) in [4.78, 5) is 26.4. The highest BCUT2D eigenvalue weighted by molar-refractivity contribution is 6.39. The van der Waals surface area contributed by atoms with Crippen LogP contribution in [0.4, 0.5) is 18.9 Å². The highest BCUT2D eigenvalue weighted by atomic mass is 19.4. The fraction of sp³-hybridized carbons (Fsp3) is 0.273. The fourth-order valence-electron chi connectivity index (χ4n) is 3.44. The molecule has 9 heteroatoms. The number of benzene rings is 2. The van der Waals surface area contributed by atoms with Crippen LogP contribution in [0.25, 0.3) is 10.9 Å². The predicted molar refractivity (Wildman–Crippen MR) is 112 cm³/mol. The van der Waals surface area contributed by atoms with E-state index in [9.17, 15) is 22.8 Å². The van der Waals surface area contributed by atoms with Crippen LogP contribution in [0.3, 0.4) is 0 Å². The molecule has 2 amide bonds. The number of fused-ring (bicyclic) bond motifs is 1. The summed E-state index contributed by atoms with van der Waals surface area (Å²) >= 11 is 0. The van der Waals surface area contributed by atoms with Gasteiger partial charge in [-0.15, -0.1) is 0 Å². The van der Waals surface area contributed by atoms with Crippen molar-refractivity contribution in [2.45, 2.75) is 12.2 Å². The van der Waals surface area contributed by atoms with Gasteiger partial charge in [0, 0.05) is 36.4 Å². The largest absolute Gasteiger partial charge is 0.416 e. The first-order chi connectivity index (χ1) is 14.6. The average molecular weight is 432 g/mol. The molecule has 1 heterocycles. The summed E-state index contributed by atoms with van der Waals surface area (Å²) in [5.41, 5.74) is 1.02. The van der Waals surface area contributed by atoms with Crippen molar-refractivity contribution in [2.24, 2.45) is 7.05 Å². The second-order valence-corrected chi connectivity index (χ2v) is 7.43. The van der Waals surface area contributed by atoms with Crippen LogP contribution in [0.15, 0.2) is 54.7 Å². The molecule has 2 N–H and O–H groups in total. The topological polar surface area (TPSA) is 66.4 Å². The number of para-hydroxylation sites is 1. The van der Waals surface area contributed by atoms with E-state index in [4.69, 9.17) is 0 Å². The minimum absolute atomic E-state index is 0.104. The first kappa shape index (κ1) is 22.4. The summed E-state index contributed by atoms with van der Waals surface area (Å²) in [6, 6.07) is 11.8. The normalized spacial score (nSPS) is 12.7. The van der Waals surface area contributed by atoms with Gasteiger partial charge in [0.1, 0.15) is 0 Å². The molecule has 0 saturated heterocycles. The van der Waals surface area contributed by atoms with Gasteiger partial charge in [0.25, 0.3) is 0 Å². The second-order valence-electron chi connectivity index (χ2n) is 7.43. The monoisotopic (exact) mass is 432 g/mol. The first-order valence-electron chi connectivity index (χ1n) is 9.54. The number of carbonyl (C=O) groups is 2. The second kappa shape index (κ2) is 8.81. The molecule has 3 aromatic rings. The Morgan fingerprint density at radius 2 is 1.77 bits per heavy atom. The van der Waals surface area contributed by atoms with Gasteiger partial charge in [-0.2, -0.15) is 13.2 Å². The molecule has 0 saturated carbocycles. The van der Waals surface area contributed by atoms with E-state index in [2.05, 4.69) is 10.6 Å². The molecular weight excluding hydrogens is 409 g/mol. The van der Waals surface area contributed by atoms with Gasteiger partial charge in [0.2, 0.25) is 0 Å². The number of alkyl halides is 3. The number of rotatable bonds is 5. The molecule has 6 nitrogen and oxygen atoms in total. The predicted octanol–water partition coefficient (Wildman–Crippen LogP) is 3.55. The number of anilines is 1. The smallest absolute Gasteiger partial charge is 0.350 e. The highest BCUT2D eigenvalue weighted by Gasteiger charge is 2.30. The van der Waals surface area contributed by atoms with E-state index in [0.717, 1.165) is 28.6 Å². The van der Waals surface area contributed by atoms with Crippen LogP contribution in [0, 0.1) is 0 Å². The van der Waals surface area contributed by atoms with Crippen molar-refractivity contribution < 1.29 is 22.8 Å². The molecule has 0 bridgehead atoms. The lowest BCUT2D eigenvalue weighted by molar-refractivity contribution is -0.137. The molecule has 0 spiro atoms. The molecule has 0 aliphatic carbocycles. The van der Waals surface area contributed by atoms with Crippen LogP contribution in [0.5, 0.6) is 0 Å². The number of aryl methyl sites for hydroxylation is 1. The number of carbonyl (C=O) groups excluding carboxylic acids is 2. The molecule has 0 radical (unpaired) electrons. The van der Waals surface area contributed by atoms with Crippen LogP contribution in [-0.4, -0.2) is 41.9 Å². The Bertz CT molecular complexity index is 1110. The number of amides is 2. The fourth-order valence-corrected chi connectivity index (χ4v) is 3.44. The number of hydrogen-bond donors (Lipinski definition) is 2. The third kappa shape index (κ3) is 5.05. The zero-order valence-corrected chi connectivity index (χ0v) is 17.3. The number of hydrogen-bond acceptors (Lipinski definition) is 3. The van der Waals surface area contributed by atoms with Crippen LogP contribution in [-0.2, 0) is 22.8 Å². The van der Waals surface area contributed by atoms with Crippen LogP contribution in [0.1, 0.15) is 17.2 Å². The molecule has 31 heavy (non-hydrogen) atoms. The van der Waals surface area contributed by atoms with Crippen molar-refractivity contribution in [1.82, 2.24) is 14.8 Å². The Kier molecular flexibility index (Phi) is 6.35. The molecule has 3 rings (SSSR count). The zero-order valence-electron chi connectivity index (χ0n) is 17.3. The number of nitrogens with zero attached hydrogens (tertiary/aromatic N) is 2. The van der Waals surface area contributed by atoms with Crippen molar-refractivity contribution >= 4 is 28.4 Å². The van der Waals surface area contributed by atoms with Gasteiger partial charge in [-0.3, -0.25) is 9.59 Å². The van der Waals surface area contributed by atoms with E-state index in [1.54, 1.807) is 0 Å². The molecule has 0 fully saturated rings. The molecule has 0 unspecified atom stereocenters. The number of likely N-dealkylation sites (N-methyl/N-ethyl adjacent to an activating group) is 1. The van der Waals surface area contributed by atoms with Crippen molar-refractivity contribution in [3.05, 3.63) is 65.9 Å². The lowest BCUT2D eigenvalue weighted by Gasteiger charge is -2.24. The first-order valence-corrected chi connectivity index (χ1v) is 9.54. The van der Waals surface area contributed by atoms with Crippen LogP contribution in [0.2, 0.25) is 0 Å². The zero-order chi connectivity index (χ0) is 22.8. The van der Waals surface area contributed by atoms with Gasteiger partial charge in [0.15, 0.2) is 0 Å². The van der Waals surface area contributed by atoms with Crippen molar-refractivity contribution in [3.8, 4) is 0 Å². The molecule has 0 aliphatic heterocycles. The van der Waals surface area contributed by atoms with Crippen molar-refractivity contribution in [2.75, 3.05) is 26.0 Å². The van der Waals surface area contributed by atoms with E-state index >= 15 is 0 Å². The maximum Gasteiger partial charge on any atom is 0.416 e. The minimum Gasteiger partial charge on any atom is -0.350 e. The Labute approximate surface area is 177 Å². The van der Waals surface area contributed by atoms with E-state index < -0.39 is 23.6 Å². The summed E-state index contributed by atoms with van der Waals surface area (Å²) in [7, 11) is 5.66. The minimum atomic E-state index is -4.54. The summed E-state index contributed by atoms with van der Waals surface area (Å²) in [5.74, 6) is -1.96. The maximum atomic E-state index is 12.8. The van der Waals surface area contributed by atoms with E-state index in [0.29, 0.717) is 0 Å². The molecular formula is C22H23F3N4O2. The van der Waals surface area contributed by atoms with Gasteiger partial charge in [0.05, 0.1) is 11.6 Å². The van der Waals surface area contributed by atoms with E-state index in [1.807, 2.05) is 61.1 Å². The number of halogens is 3. The summed E-state index contributed by atoms with van der Waals surface area (Å²) < 4.78 is 40.5. The summed E-state index contributed by atoms with van der Waals surface area (Å²) in [6.45, 7) is 0.149. The standard InChI is InChI=1S/C22H23F3N4O2/c1-28(2)19(17-13-29(3)18-10-5-4-9-16(17)18)12-26-20(30)21(31)27-15-8-6-7-14(11-15)22(23,24)25/h4-11,13,19H,12H2,1-3H3,(H,26,30)(H,27,31)/t19-/m0/s1. The van der Waals surface area contributed by atoms with Gasteiger partial charge in [-0.05, 0) is 43.9 Å². The van der Waals surface area contributed by atoms with E-state index in [-0.39, 0.29) is 18.3 Å². The SMILES string of the molecule is CN(C)[C@@H](CNC(=O)C(=O)Nc1cccc(C(F)(F)F)c1)c1cn(C)c2ccccc12. The lowest BCUT2D eigenvalue weighted by Crippen LogP contribution is -2.40. The molecule has 1 atom stereocenters. The number of aromatic nitrogens is 1. The third-order valence-electron chi connectivity index (χ3n) is 5.02. The number of nitrogens with one attached hydrogen (secondary N) is 2. The maximum absolute atomic E-state index is 12.8. The quantitative estimate of drug-likeness (QED) is 0.606. The molecule has 1 aromatic heterocycles. The lowest BCUT2D eigenvalue weighted by atomic mass is 10.0. The van der Waals surface area contributed by atoms with Crippen molar-refractivity contribution in [1.29, 1.82) is 0 Å².